The van der Waals surface area contributed by atoms with Crippen molar-refractivity contribution in [3.8, 4) is 0 Å². The van der Waals surface area contributed by atoms with Crippen LogP contribution in [0.15, 0.2) is 54.6 Å². The smallest absolute Gasteiger partial charge is 0.335 e. The first-order chi connectivity index (χ1) is 12.2. The van der Waals surface area contributed by atoms with Crippen molar-refractivity contribution in [3.63, 3.8) is 0 Å². The highest BCUT2D eigenvalue weighted by Gasteiger charge is 2.45. The third-order valence-corrected chi connectivity index (χ3v) is 5.44. The molecule has 4 nitrogen and oxygen atoms in total. The molecule has 0 amide bonds. The van der Waals surface area contributed by atoms with Gasteiger partial charge in [0.1, 0.15) is 0 Å². The Balaban J connectivity index is 1.24. The first-order valence-electron chi connectivity index (χ1n) is 9.01. The molecule has 2 aromatic rings. The summed E-state index contributed by atoms with van der Waals surface area (Å²) in [6.07, 6.45) is 3.64. The molecule has 0 bridgehead atoms. The number of benzene rings is 2. The van der Waals surface area contributed by atoms with Crippen LogP contribution in [-0.2, 0) is 6.54 Å². The lowest BCUT2D eigenvalue weighted by atomic mass is 10.1. The average molecular weight is 336 g/mol. The van der Waals surface area contributed by atoms with Crippen molar-refractivity contribution < 1.29 is 9.90 Å². The van der Waals surface area contributed by atoms with Gasteiger partial charge in [-0.05, 0) is 42.5 Å². The topological polar surface area (TPSA) is 61.4 Å². The van der Waals surface area contributed by atoms with Crippen LogP contribution in [0.5, 0.6) is 0 Å². The van der Waals surface area contributed by atoms with E-state index in [0.29, 0.717) is 17.5 Å². The summed E-state index contributed by atoms with van der Waals surface area (Å²) in [6.45, 7) is 1.79. The molecule has 0 aliphatic heterocycles. The van der Waals surface area contributed by atoms with Crippen LogP contribution >= 0.6 is 0 Å². The molecule has 2 aliphatic carbocycles. The number of carboxylic acids is 1. The van der Waals surface area contributed by atoms with Crippen LogP contribution in [0.4, 0.5) is 0 Å². The zero-order valence-electron chi connectivity index (χ0n) is 14.2. The number of aromatic carboxylic acids is 1. The molecule has 2 saturated carbocycles. The monoisotopic (exact) mass is 336 g/mol. The molecule has 1 unspecified atom stereocenters. The normalized spacial score (nSPS) is 23.2. The van der Waals surface area contributed by atoms with Crippen LogP contribution in [0, 0.1) is 0 Å². The number of hydrogen-bond donors (Lipinski definition) is 3. The Bertz CT molecular complexity index is 738. The van der Waals surface area contributed by atoms with Gasteiger partial charge in [-0.15, -0.1) is 0 Å². The van der Waals surface area contributed by atoms with E-state index in [1.165, 1.54) is 24.8 Å². The van der Waals surface area contributed by atoms with E-state index in [9.17, 15) is 4.79 Å². The lowest BCUT2D eigenvalue weighted by Gasteiger charge is -2.18. The zero-order valence-corrected chi connectivity index (χ0v) is 14.2. The summed E-state index contributed by atoms with van der Waals surface area (Å²) in [4.78, 5) is 10.9. The zero-order chi connectivity index (χ0) is 17.3. The number of rotatable bonds is 8. The predicted molar refractivity (Wildman–Crippen MR) is 97.8 cm³/mol. The summed E-state index contributed by atoms with van der Waals surface area (Å²) >= 11 is 0. The molecule has 0 radical (unpaired) electrons. The van der Waals surface area contributed by atoms with Gasteiger partial charge in [-0.1, -0.05) is 42.5 Å². The highest BCUT2D eigenvalue weighted by molar-refractivity contribution is 5.87. The lowest BCUT2D eigenvalue weighted by molar-refractivity contribution is 0.0697. The first kappa shape index (κ1) is 16.3. The van der Waals surface area contributed by atoms with Crippen LogP contribution in [-0.4, -0.2) is 29.2 Å². The number of carbonyl (C=O) groups is 1. The maximum atomic E-state index is 10.9. The maximum Gasteiger partial charge on any atom is 0.335 e. The molecule has 0 aromatic heterocycles. The van der Waals surface area contributed by atoms with Crippen molar-refractivity contribution in [2.45, 2.75) is 43.3 Å². The molecule has 2 atom stereocenters. The molecular formula is C21H24N2O2. The van der Waals surface area contributed by atoms with Gasteiger partial charge < -0.3 is 15.7 Å². The molecule has 4 heteroatoms. The molecule has 2 fully saturated rings. The summed E-state index contributed by atoms with van der Waals surface area (Å²) < 4.78 is 0. The summed E-state index contributed by atoms with van der Waals surface area (Å²) in [5.41, 5.74) is 3.13. The second-order valence-corrected chi connectivity index (χ2v) is 7.38. The van der Waals surface area contributed by atoms with Gasteiger partial charge in [0.25, 0.3) is 0 Å². The maximum absolute atomic E-state index is 10.9. The summed E-state index contributed by atoms with van der Waals surface area (Å²) in [7, 11) is 0. The number of hydrogen-bond acceptors (Lipinski definition) is 3. The Kier molecular flexibility index (Phi) is 4.32. The molecule has 0 heterocycles. The molecule has 3 N–H and O–H groups in total. The number of nitrogens with one attached hydrogen (secondary N) is 2. The fourth-order valence-electron chi connectivity index (χ4n) is 3.44. The van der Waals surface area contributed by atoms with E-state index in [-0.39, 0.29) is 5.54 Å². The molecule has 0 saturated heterocycles. The largest absolute Gasteiger partial charge is 0.478 e. The van der Waals surface area contributed by atoms with E-state index >= 15 is 0 Å². The lowest BCUT2D eigenvalue weighted by Crippen LogP contribution is -2.41. The van der Waals surface area contributed by atoms with Crippen molar-refractivity contribution in [3.05, 3.63) is 71.3 Å². The van der Waals surface area contributed by atoms with Crippen molar-refractivity contribution in [2.75, 3.05) is 6.54 Å². The molecule has 2 aliphatic rings. The summed E-state index contributed by atoms with van der Waals surface area (Å²) in [6, 6.07) is 18.5. The predicted octanol–water partition coefficient (Wildman–Crippen LogP) is 3.15. The van der Waals surface area contributed by atoms with Crippen LogP contribution < -0.4 is 10.6 Å². The Hall–Kier alpha value is -2.17. The van der Waals surface area contributed by atoms with Gasteiger partial charge in [-0.3, -0.25) is 0 Å². The van der Waals surface area contributed by atoms with Crippen LogP contribution in [0.25, 0.3) is 0 Å². The third-order valence-electron chi connectivity index (χ3n) is 5.44. The second kappa shape index (κ2) is 6.62. The van der Waals surface area contributed by atoms with Gasteiger partial charge in [0.2, 0.25) is 0 Å². The van der Waals surface area contributed by atoms with E-state index in [0.717, 1.165) is 18.7 Å². The first-order valence-corrected chi connectivity index (χ1v) is 9.01. The van der Waals surface area contributed by atoms with Gasteiger partial charge in [0.05, 0.1) is 5.56 Å². The van der Waals surface area contributed by atoms with E-state index in [2.05, 4.69) is 41.0 Å². The molecule has 130 valence electrons. The third kappa shape index (κ3) is 3.91. The molecule has 0 spiro atoms. The Labute approximate surface area is 148 Å². The minimum absolute atomic E-state index is 0.218. The van der Waals surface area contributed by atoms with Gasteiger partial charge >= 0.3 is 5.97 Å². The second-order valence-electron chi connectivity index (χ2n) is 7.38. The van der Waals surface area contributed by atoms with Crippen molar-refractivity contribution >= 4 is 5.97 Å². The Morgan fingerprint density at radius 2 is 1.80 bits per heavy atom. The van der Waals surface area contributed by atoms with Gasteiger partial charge in [0, 0.05) is 30.6 Å². The number of carboxylic acid groups (broad SMARTS) is 1. The Morgan fingerprint density at radius 1 is 1.08 bits per heavy atom. The van der Waals surface area contributed by atoms with E-state index in [4.69, 9.17) is 5.11 Å². The van der Waals surface area contributed by atoms with Crippen LogP contribution in [0.2, 0.25) is 0 Å². The fraction of sp³-hybridized carbons (Fsp3) is 0.381. The van der Waals surface area contributed by atoms with Crippen molar-refractivity contribution in [1.82, 2.24) is 10.6 Å². The van der Waals surface area contributed by atoms with Crippen LogP contribution in [0.3, 0.4) is 0 Å². The van der Waals surface area contributed by atoms with E-state index in [1.54, 1.807) is 12.1 Å². The van der Waals surface area contributed by atoms with Crippen molar-refractivity contribution in [1.29, 1.82) is 0 Å². The molecular weight excluding hydrogens is 312 g/mol. The van der Waals surface area contributed by atoms with Crippen molar-refractivity contribution in [2.24, 2.45) is 0 Å². The SMILES string of the molecule is O=C(O)c1ccc(CNC2(CN[C@H]3CC3c3ccccc3)CC2)cc1. The molecule has 25 heavy (non-hydrogen) atoms. The van der Waals surface area contributed by atoms with Crippen LogP contribution in [0.1, 0.15) is 46.7 Å². The fourth-order valence-corrected chi connectivity index (χ4v) is 3.44. The molecule has 2 aromatic carbocycles. The molecule has 4 rings (SSSR count). The Morgan fingerprint density at radius 3 is 2.44 bits per heavy atom. The van der Waals surface area contributed by atoms with Gasteiger partial charge in [-0.25, -0.2) is 4.79 Å². The average Bonchev–Trinajstić information content (AvgIpc) is 3.55. The minimum Gasteiger partial charge on any atom is -0.478 e. The summed E-state index contributed by atoms with van der Waals surface area (Å²) in [5, 5.41) is 16.3. The summed E-state index contributed by atoms with van der Waals surface area (Å²) in [5.74, 6) is -0.208. The van der Waals surface area contributed by atoms with E-state index < -0.39 is 5.97 Å². The minimum atomic E-state index is -0.875. The van der Waals surface area contributed by atoms with Gasteiger partial charge in [0.15, 0.2) is 0 Å². The van der Waals surface area contributed by atoms with Gasteiger partial charge in [-0.2, -0.15) is 0 Å². The standard InChI is InChI=1S/C21H24N2O2/c24-20(25)17-8-6-15(7-9-17)13-23-21(10-11-21)14-22-19-12-18(19)16-4-2-1-3-5-16/h1-9,18-19,22-23H,10-14H2,(H,24,25)/t18?,19-/m0/s1. The quantitative estimate of drug-likeness (QED) is 0.693. The highest BCUT2D eigenvalue weighted by atomic mass is 16.4. The van der Waals surface area contributed by atoms with E-state index in [1.807, 2.05) is 12.1 Å². The highest BCUT2D eigenvalue weighted by Crippen LogP contribution is 2.42.